The summed E-state index contributed by atoms with van der Waals surface area (Å²) in [6, 6.07) is 19.6. The van der Waals surface area contributed by atoms with Gasteiger partial charge in [-0.3, -0.25) is 9.59 Å². The highest BCUT2D eigenvalue weighted by molar-refractivity contribution is 7.19. The van der Waals surface area contributed by atoms with E-state index in [1.54, 1.807) is 0 Å². The molecule has 2 atom stereocenters. The normalized spacial score (nSPS) is 16.8. The minimum Gasteiger partial charge on any atom is -0.357 e. The number of carbonyl (C=O) groups excluding carboxylic acids is 2. The zero-order valence-electron chi connectivity index (χ0n) is 19.9. The van der Waals surface area contributed by atoms with Gasteiger partial charge in [0, 0.05) is 12.1 Å². The summed E-state index contributed by atoms with van der Waals surface area (Å²) >= 11 is 2.65. The third kappa shape index (κ3) is 7.30. The van der Waals surface area contributed by atoms with Gasteiger partial charge in [0.05, 0.1) is 12.8 Å². The Hall–Kier alpha value is -3.90. The molecular weight excluding hydrogens is 508 g/mol. The van der Waals surface area contributed by atoms with Crippen molar-refractivity contribution in [2.45, 2.75) is 44.2 Å². The predicted molar refractivity (Wildman–Crippen MR) is 146 cm³/mol. The number of benzene rings is 2. The number of aromatic nitrogens is 4. The number of rotatable bonds is 10. The molecule has 1 aliphatic carbocycles. The van der Waals surface area contributed by atoms with E-state index in [0.29, 0.717) is 33.4 Å². The monoisotopic (exact) mass is 534 g/mol. The summed E-state index contributed by atoms with van der Waals surface area (Å²) in [6.07, 6.45) is 3.40. The molecule has 2 heterocycles. The summed E-state index contributed by atoms with van der Waals surface area (Å²) in [5.74, 6) is -0.238. The summed E-state index contributed by atoms with van der Waals surface area (Å²) in [6.45, 7) is 0. The van der Waals surface area contributed by atoms with Crippen LogP contribution in [-0.2, 0) is 22.4 Å². The average Bonchev–Trinajstić information content (AvgIpc) is 3.63. The molecule has 0 spiro atoms. The molecule has 0 aliphatic heterocycles. The minimum atomic E-state index is -0.119. The van der Waals surface area contributed by atoms with Crippen LogP contribution in [0.5, 0.6) is 0 Å². The van der Waals surface area contributed by atoms with Crippen molar-refractivity contribution in [2.24, 2.45) is 0 Å². The fourth-order valence-electron chi connectivity index (χ4n) is 4.15. The van der Waals surface area contributed by atoms with Gasteiger partial charge in [0.15, 0.2) is 0 Å². The Bertz CT molecular complexity index is 1230. The lowest BCUT2D eigenvalue weighted by atomic mass is 10.1. The zero-order chi connectivity index (χ0) is 25.5. The highest BCUT2D eigenvalue weighted by Crippen LogP contribution is 2.30. The Balaban J connectivity index is 1.05. The van der Waals surface area contributed by atoms with Crippen LogP contribution >= 0.6 is 22.7 Å². The van der Waals surface area contributed by atoms with Gasteiger partial charge >= 0.3 is 0 Å². The molecule has 5 rings (SSSR count). The van der Waals surface area contributed by atoms with E-state index in [-0.39, 0.29) is 23.9 Å². The van der Waals surface area contributed by atoms with E-state index < -0.39 is 0 Å². The number of amides is 2. The van der Waals surface area contributed by atoms with E-state index in [1.807, 2.05) is 60.7 Å². The van der Waals surface area contributed by atoms with Crippen molar-refractivity contribution in [3.8, 4) is 0 Å². The number of carbonyl (C=O) groups is 2. The maximum absolute atomic E-state index is 12.3. The third-order valence-electron chi connectivity index (χ3n) is 5.85. The molecule has 4 N–H and O–H groups in total. The Morgan fingerprint density at radius 2 is 1.05 bits per heavy atom. The van der Waals surface area contributed by atoms with Crippen LogP contribution in [0.15, 0.2) is 60.7 Å². The second-order valence-corrected chi connectivity index (χ2v) is 10.7. The van der Waals surface area contributed by atoms with Crippen LogP contribution in [0.4, 0.5) is 20.5 Å². The molecule has 2 amide bonds. The van der Waals surface area contributed by atoms with Gasteiger partial charge in [-0.2, -0.15) is 0 Å². The number of nitrogens with zero attached hydrogens (tertiary/aromatic N) is 4. The summed E-state index contributed by atoms with van der Waals surface area (Å²) in [4.78, 5) is 24.5. The van der Waals surface area contributed by atoms with Crippen LogP contribution in [0.2, 0.25) is 0 Å². The SMILES string of the molecule is O=C(Cc1ccccc1)Nc1nnc(NC2CC[C@H](Nc3nnc(NC(=O)Cc4ccccc4)s3)C2)s1. The van der Waals surface area contributed by atoms with Crippen molar-refractivity contribution in [3.63, 3.8) is 0 Å². The van der Waals surface area contributed by atoms with E-state index in [0.717, 1.165) is 30.4 Å². The molecule has 4 aromatic rings. The quantitative estimate of drug-likeness (QED) is 0.238. The van der Waals surface area contributed by atoms with Crippen molar-refractivity contribution in [1.29, 1.82) is 0 Å². The van der Waals surface area contributed by atoms with Gasteiger partial charge in [0.1, 0.15) is 0 Å². The van der Waals surface area contributed by atoms with Gasteiger partial charge < -0.3 is 21.3 Å². The maximum Gasteiger partial charge on any atom is 0.230 e. The molecule has 2 aromatic carbocycles. The lowest BCUT2D eigenvalue weighted by molar-refractivity contribution is -0.116. The predicted octanol–water partition coefficient (Wildman–Crippen LogP) is 4.20. The molecule has 1 fully saturated rings. The number of hydrogen-bond donors (Lipinski definition) is 4. The van der Waals surface area contributed by atoms with E-state index in [2.05, 4.69) is 41.7 Å². The van der Waals surface area contributed by atoms with Crippen LogP contribution in [0.25, 0.3) is 0 Å². The highest BCUT2D eigenvalue weighted by atomic mass is 32.1. The van der Waals surface area contributed by atoms with Crippen molar-refractivity contribution in [3.05, 3.63) is 71.8 Å². The molecule has 1 aliphatic rings. The van der Waals surface area contributed by atoms with Crippen LogP contribution in [0, 0.1) is 0 Å². The van der Waals surface area contributed by atoms with E-state index in [9.17, 15) is 9.59 Å². The van der Waals surface area contributed by atoms with Crippen LogP contribution in [-0.4, -0.2) is 44.3 Å². The first kappa shape index (κ1) is 24.8. The van der Waals surface area contributed by atoms with Gasteiger partial charge in [0.25, 0.3) is 0 Å². The molecule has 2 aromatic heterocycles. The van der Waals surface area contributed by atoms with Crippen molar-refractivity contribution < 1.29 is 9.59 Å². The number of anilines is 4. The number of nitrogens with one attached hydrogen (secondary N) is 4. The summed E-state index contributed by atoms with van der Waals surface area (Å²) < 4.78 is 0. The minimum absolute atomic E-state index is 0.119. The molecule has 10 nitrogen and oxygen atoms in total. The van der Waals surface area contributed by atoms with E-state index >= 15 is 0 Å². The smallest absolute Gasteiger partial charge is 0.230 e. The van der Waals surface area contributed by atoms with Gasteiger partial charge in [-0.15, -0.1) is 20.4 Å². The topological polar surface area (TPSA) is 134 Å². The zero-order valence-corrected chi connectivity index (χ0v) is 21.5. The molecule has 190 valence electrons. The largest absolute Gasteiger partial charge is 0.357 e. The summed E-state index contributed by atoms with van der Waals surface area (Å²) in [7, 11) is 0. The molecule has 0 radical (unpaired) electrons. The molecule has 37 heavy (non-hydrogen) atoms. The summed E-state index contributed by atoms with van der Waals surface area (Å²) in [5, 5.41) is 31.3. The molecule has 1 unspecified atom stereocenters. The second-order valence-electron chi connectivity index (χ2n) is 8.74. The van der Waals surface area contributed by atoms with Crippen molar-refractivity contribution in [1.82, 2.24) is 20.4 Å². The third-order valence-corrected chi connectivity index (χ3v) is 7.39. The number of hydrogen-bond acceptors (Lipinski definition) is 10. The van der Waals surface area contributed by atoms with Crippen molar-refractivity contribution in [2.75, 3.05) is 21.3 Å². The van der Waals surface area contributed by atoms with Crippen LogP contribution in [0.3, 0.4) is 0 Å². The van der Waals surface area contributed by atoms with Crippen LogP contribution < -0.4 is 21.3 Å². The lowest BCUT2D eigenvalue weighted by Crippen LogP contribution is -2.20. The molecule has 12 heteroatoms. The lowest BCUT2D eigenvalue weighted by Gasteiger charge is -2.12. The van der Waals surface area contributed by atoms with Gasteiger partial charge in [-0.1, -0.05) is 83.3 Å². The Morgan fingerprint density at radius 1 is 0.649 bits per heavy atom. The maximum atomic E-state index is 12.3. The average molecular weight is 535 g/mol. The fourth-order valence-corrected chi connectivity index (χ4v) is 5.62. The van der Waals surface area contributed by atoms with Gasteiger partial charge in [0.2, 0.25) is 32.3 Å². The van der Waals surface area contributed by atoms with Gasteiger partial charge in [-0.05, 0) is 30.4 Å². The van der Waals surface area contributed by atoms with Crippen molar-refractivity contribution >= 4 is 55.0 Å². The van der Waals surface area contributed by atoms with Gasteiger partial charge in [-0.25, -0.2) is 0 Å². The Morgan fingerprint density at radius 3 is 1.49 bits per heavy atom. The molecule has 1 saturated carbocycles. The van der Waals surface area contributed by atoms with E-state index in [4.69, 9.17) is 0 Å². The first-order valence-corrected chi connectivity index (χ1v) is 13.6. The fraction of sp³-hybridized carbons (Fsp3) is 0.280. The molecule has 0 bridgehead atoms. The second kappa shape index (κ2) is 11.9. The first-order chi connectivity index (χ1) is 18.1. The van der Waals surface area contributed by atoms with E-state index in [1.165, 1.54) is 22.7 Å². The highest BCUT2D eigenvalue weighted by Gasteiger charge is 2.26. The molecule has 0 saturated heterocycles. The standard InChI is InChI=1S/C25H26N8O2S2/c34-20(13-16-7-3-1-4-8-16)28-24-32-30-22(36-24)26-18-11-12-19(15-18)27-23-31-33-25(37-23)29-21(35)14-17-9-5-2-6-10-17/h1-10,18-19H,11-15H2,(H,26,30)(H,27,31)(H,28,32,34)(H,29,33,35)/t18-,19?/m0/s1. The first-order valence-electron chi connectivity index (χ1n) is 12.0. The Kier molecular flexibility index (Phi) is 7.96. The summed E-state index contributed by atoms with van der Waals surface area (Å²) in [5.41, 5.74) is 1.90. The molecular formula is C25H26N8O2S2. The van der Waals surface area contributed by atoms with Crippen LogP contribution in [0.1, 0.15) is 30.4 Å². The Labute approximate surface area is 222 Å².